The van der Waals surface area contributed by atoms with E-state index in [2.05, 4.69) is 41.8 Å². The van der Waals surface area contributed by atoms with Crippen LogP contribution >= 0.6 is 0 Å². The average Bonchev–Trinajstić information content (AvgIpc) is 2.62. The van der Waals surface area contributed by atoms with Crippen molar-refractivity contribution < 1.29 is 4.57 Å². The van der Waals surface area contributed by atoms with Gasteiger partial charge in [0.15, 0.2) is 0 Å². The van der Waals surface area contributed by atoms with Crippen LogP contribution in [0.25, 0.3) is 0 Å². The van der Waals surface area contributed by atoms with E-state index in [1.54, 1.807) is 0 Å². The first kappa shape index (κ1) is 8.79. The fraction of sp³-hybridized carbons (Fsp3) is 0.727. The summed E-state index contributed by atoms with van der Waals surface area (Å²) in [5, 5.41) is 0. The Labute approximate surface area is 80.2 Å². The molecule has 0 spiro atoms. The zero-order chi connectivity index (χ0) is 9.26. The molecule has 1 saturated carbocycles. The third-order valence-electron chi connectivity index (χ3n) is 3.10. The summed E-state index contributed by atoms with van der Waals surface area (Å²) >= 11 is 0. The molecule has 0 bridgehead atoms. The Morgan fingerprint density at radius 2 is 2.31 bits per heavy atom. The van der Waals surface area contributed by atoms with Crippen LogP contribution in [0, 0.1) is 11.8 Å². The van der Waals surface area contributed by atoms with Crippen molar-refractivity contribution in [2.24, 2.45) is 18.9 Å². The normalized spacial score (nSPS) is 28.2. The molecule has 72 valence electrons. The van der Waals surface area contributed by atoms with E-state index < -0.39 is 0 Å². The predicted molar refractivity (Wildman–Crippen MR) is 52.1 cm³/mol. The van der Waals surface area contributed by atoms with Crippen molar-refractivity contribution in [2.75, 3.05) is 0 Å². The molecule has 2 atom stereocenters. The average molecular weight is 179 g/mol. The van der Waals surface area contributed by atoms with Crippen molar-refractivity contribution in [1.82, 2.24) is 4.57 Å². The zero-order valence-corrected chi connectivity index (χ0v) is 8.61. The predicted octanol–water partition coefficient (Wildman–Crippen LogP) is 1.75. The van der Waals surface area contributed by atoms with E-state index in [4.69, 9.17) is 0 Å². The first-order valence-corrected chi connectivity index (χ1v) is 5.25. The topological polar surface area (TPSA) is 8.81 Å². The van der Waals surface area contributed by atoms with Crippen molar-refractivity contribution in [3.8, 4) is 0 Å². The lowest BCUT2D eigenvalue weighted by Crippen LogP contribution is -2.34. The summed E-state index contributed by atoms with van der Waals surface area (Å²) in [6.45, 7) is 3.58. The summed E-state index contributed by atoms with van der Waals surface area (Å²) < 4.78 is 4.42. The quantitative estimate of drug-likeness (QED) is 0.612. The summed E-state index contributed by atoms with van der Waals surface area (Å²) in [6.07, 6.45) is 10.7. The molecule has 0 amide bonds. The molecule has 1 aromatic rings. The van der Waals surface area contributed by atoms with E-state index in [1.807, 2.05) is 0 Å². The Balaban J connectivity index is 1.91. The lowest BCUT2D eigenvalue weighted by atomic mass is 10.1. The van der Waals surface area contributed by atoms with Crippen molar-refractivity contribution >= 4 is 0 Å². The minimum absolute atomic E-state index is 0.919. The highest BCUT2D eigenvalue weighted by molar-refractivity contribution is 4.70. The van der Waals surface area contributed by atoms with Gasteiger partial charge in [-0.25, -0.2) is 9.13 Å². The van der Waals surface area contributed by atoms with Gasteiger partial charge in [-0.2, -0.15) is 0 Å². The van der Waals surface area contributed by atoms with Gasteiger partial charge in [0.1, 0.15) is 12.4 Å². The van der Waals surface area contributed by atoms with Crippen LogP contribution in [-0.2, 0) is 13.6 Å². The molecular weight excluding hydrogens is 160 g/mol. The van der Waals surface area contributed by atoms with Crippen molar-refractivity contribution in [3.05, 3.63) is 18.7 Å². The molecule has 1 aliphatic rings. The zero-order valence-electron chi connectivity index (χ0n) is 8.61. The summed E-state index contributed by atoms with van der Waals surface area (Å²) in [7, 11) is 2.08. The fourth-order valence-corrected chi connectivity index (χ4v) is 2.40. The molecule has 1 aromatic heterocycles. The van der Waals surface area contributed by atoms with Gasteiger partial charge >= 0.3 is 0 Å². The summed E-state index contributed by atoms with van der Waals surface area (Å²) in [4.78, 5) is 0. The van der Waals surface area contributed by atoms with Gasteiger partial charge in [-0.15, -0.1) is 0 Å². The van der Waals surface area contributed by atoms with Gasteiger partial charge in [0.25, 0.3) is 0 Å². The van der Waals surface area contributed by atoms with Crippen LogP contribution in [0.2, 0.25) is 0 Å². The van der Waals surface area contributed by atoms with Crippen LogP contribution in [0.5, 0.6) is 0 Å². The molecule has 13 heavy (non-hydrogen) atoms. The second kappa shape index (κ2) is 3.52. The van der Waals surface area contributed by atoms with E-state index >= 15 is 0 Å². The van der Waals surface area contributed by atoms with E-state index in [0.29, 0.717) is 0 Å². The summed E-state index contributed by atoms with van der Waals surface area (Å²) in [5.41, 5.74) is 0. The molecule has 2 nitrogen and oxygen atoms in total. The van der Waals surface area contributed by atoms with E-state index in [-0.39, 0.29) is 0 Å². The van der Waals surface area contributed by atoms with E-state index in [1.165, 1.54) is 25.8 Å². The van der Waals surface area contributed by atoms with Gasteiger partial charge in [-0.05, 0) is 24.7 Å². The van der Waals surface area contributed by atoms with Crippen molar-refractivity contribution in [2.45, 2.75) is 32.7 Å². The van der Waals surface area contributed by atoms with Crippen LogP contribution in [-0.4, -0.2) is 4.57 Å². The number of hydrogen-bond donors (Lipinski definition) is 0. The molecule has 2 rings (SSSR count). The monoisotopic (exact) mass is 179 g/mol. The molecule has 0 saturated heterocycles. The van der Waals surface area contributed by atoms with Gasteiger partial charge < -0.3 is 0 Å². The van der Waals surface area contributed by atoms with Crippen molar-refractivity contribution in [3.63, 3.8) is 0 Å². The Bertz CT molecular complexity index is 277. The van der Waals surface area contributed by atoms with E-state index in [9.17, 15) is 0 Å². The van der Waals surface area contributed by atoms with Crippen molar-refractivity contribution in [1.29, 1.82) is 0 Å². The molecular formula is C11H19N2+. The van der Waals surface area contributed by atoms with Gasteiger partial charge in [0.2, 0.25) is 6.33 Å². The number of aryl methyl sites for hydroxylation is 1. The minimum atomic E-state index is 0.919. The van der Waals surface area contributed by atoms with Crippen LogP contribution in [0.15, 0.2) is 18.7 Å². The first-order valence-electron chi connectivity index (χ1n) is 5.25. The SMILES string of the molecule is CC1CCC(C[n+]2ccn(C)c2)C1. The Morgan fingerprint density at radius 3 is 2.85 bits per heavy atom. The maximum atomic E-state index is 2.37. The second-order valence-corrected chi connectivity index (χ2v) is 4.56. The highest BCUT2D eigenvalue weighted by atomic mass is 15.1. The highest BCUT2D eigenvalue weighted by Gasteiger charge is 2.23. The largest absolute Gasteiger partial charge is 0.243 e. The minimum Gasteiger partial charge on any atom is -0.240 e. The third-order valence-corrected chi connectivity index (χ3v) is 3.10. The lowest BCUT2D eigenvalue weighted by molar-refractivity contribution is -0.702. The highest BCUT2D eigenvalue weighted by Crippen LogP contribution is 2.30. The van der Waals surface area contributed by atoms with E-state index in [0.717, 1.165) is 11.8 Å². The lowest BCUT2D eigenvalue weighted by Gasteiger charge is -2.05. The molecule has 0 N–H and O–H groups in total. The van der Waals surface area contributed by atoms with Crippen LogP contribution in [0.4, 0.5) is 0 Å². The molecule has 2 unspecified atom stereocenters. The molecule has 1 aliphatic carbocycles. The maximum Gasteiger partial charge on any atom is 0.243 e. The van der Waals surface area contributed by atoms with Crippen LogP contribution in [0.3, 0.4) is 0 Å². The van der Waals surface area contributed by atoms with Gasteiger partial charge in [0, 0.05) is 0 Å². The molecule has 1 heterocycles. The molecule has 0 aliphatic heterocycles. The third kappa shape index (κ3) is 2.11. The molecule has 1 fully saturated rings. The Kier molecular flexibility index (Phi) is 2.38. The first-order chi connectivity index (χ1) is 6.24. The molecule has 2 heteroatoms. The number of hydrogen-bond acceptors (Lipinski definition) is 0. The van der Waals surface area contributed by atoms with Crippen LogP contribution < -0.4 is 4.57 Å². The van der Waals surface area contributed by atoms with Gasteiger partial charge in [-0.3, -0.25) is 0 Å². The number of imidazole rings is 1. The second-order valence-electron chi connectivity index (χ2n) is 4.56. The number of aromatic nitrogens is 2. The molecule has 0 radical (unpaired) electrons. The summed E-state index contributed by atoms with van der Waals surface area (Å²) in [6, 6.07) is 0. The van der Waals surface area contributed by atoms with Crippen LogP contribution in [0.1, 0.15) is 26.2 Å². The summed E-state index contributed by atoms with van der Waals surface area (Å²) in [5.74, 6) is 1.87. The maximum absolute atomic E-state index is 2.37. The van der Waals surface area contributed by atoms with Gasteiger partial charge in [-0.1, -0.05) is 13.3 Å². The number of rotatable bonds is 2. The smallest absolute Gasteiger partial charge is 0.240 e. The standard InChI is InChI=1S/C11H19N2/c1-10-3-4-11(7-10)8-13-6-5-12(2)9-13/h5-6,9-11H,3-4,7-8H2,1-2H3/q+1. The number of nitrogens with zero attached hydrogens (tertiary/aromatic N) is 2. The Hall–Kier alpha value is -0.790. The van der Waals surface area contributed by atoms with Gasteiger partial charge in [0.05, 0.1) is 13.6 Å². The molecule has 0 aromatic carbocycles. The Morgan fingerprint density at radius 1 is 1.46 bits per heavy atom. The fourth-order valence-electron chi connectivity index (χ4n) is 2.40.